The molecular weight excluding hydrogens is 482 g/mol. The van der Waals surface area contributed by atoms with Crippen LogP contribution in [0.25, 0.3) is 0 Å². The quantitative estimate of drug-likeness (QED) is 0.129. The first-order valence-corrected chi connectivity index (χ1v) is 11.7. The van der Waals surface area contributed by atoms with Gasteiger partial charge in [0.15, 0.2) is 0 Å². The molecule has 186 valence electrons. The Balaban J connectivity index is 1.40. The van der Waals surface area contributed by atoms with Crippen LogP contribution in [0.15, 0.2) is 77.9 Å². The van der Waals surface area contributed by atoms with Gasteiger partial charge in [-0.15, -0.1) is 0 Å². The summed E-state index contributed by atoms with van der Waals surface area (Å²) in [5, 5.41) is 6.86. The Morgan fingerprint density at radius 2 is 1.67 bits per heavy atom. The van der Waals surface area contributed by atoms with Gasteiger partial charge in [-0.2, -0.15) is 5.10 Å². The topological polar surface area (TPSA) is 106 Å². The number of unbranched alkanes of at least 4 members (excludes halogenated alkanes) is 1. The molecule has 0 saturated carbocycles. The van der Waals surface area contributed by atoms with Crippen molar-refractivity contribution in [3.8, 4) is 11.5 Å². The lowest BCUT2D eigenvalue weighted by Crippen LogP contribution is -2.34. The summed E-state index contributed by atoms with van der Waals surface area (Å²) >= 11 is 5.89. The van der Waals surface area contributed by atoms with Crippen LogP contribution in [0.3, 0.4) is 0 Å². The standard InChI is InChI=1S/C27H26ClN3O5/c1-2-3-15-35-23-13-9-20(10-14-23)26(33)29-18-25(32)31-30-17-19-7-11-24(12-8-19)36-27(34)21-5-4-6-22(28)16-21/h4-14,16-17H,2-3,15,18H2,1H3,(H,29,33)(H,31,32)/b30-17+. The molecule has 3 rings (SSSR count). The van der Waals surface area contributed by atoms with Gasteiger partial charge < -0.3 is 14.8 Å². The zero-order valence-corrected chi connectivity index (χ0v) is 20.5. The van der Waals surface area contributed by atoms with Crippen molar-refractivity contribution in [2.45, 2.75) is 19.8 Å². The second-order valence-electron chi connectivity index (χ2n) is 7.67. The van der Waals surface area contributed by atoms with Crippen LogP contribution in [0.5, 0.6) is 11.5 Å². The summed E-state index contributed by atoms with van der Waals surface area (Å²) < 4.78 is 10.9. The van der Waals surface area contributed by atoms with E-state index in [0.717, 1.165) is 12.8 Å². The zero-order chi connectivity index (χ0) is 25.8. The summed E-state index contributed by atoms with van der Waals surface area (Å²) in [5.74, 6) is -0.336. The fourth-order valence-corrected chi connectivity index (χ4v) is 3.11. The van der Waals surface area contributed by atoms with Crippen LogP contribution in [0.4, 0.5) is 0 Å². The summed E-state index contributed by atoms with van der Waals surface area (Å²) in [7, 11) is 0. The van der Waals surface area contributed by atoms with E-state index in [9.17, 15) is 14.4 Å². The molecule has 0 aliphatic heterocycles. The lowest BCUT2D eigenvalue weighted by molar-refractivity contribution is -0.120. The molecule has 8 nitrogen and oxygen atoms in total. The molecule has 9 heteroatoms. The van der Waals surface area contributed by atoms with E-state index in [-0.39, 0.29) is 12.5 Å². The minimum atomic E-state index is -0.524. The average Bonchev–Trinajstić information content (AvgIpc) is 2.89. The Bertz CT molecular complexity index is 1210. The third-order valence-corrected chi connectivity index (χ3v) is 5.08. The number of esters is 1. The molecule has 0 aliphatic carbocycles. The van der Waals surface area contributed by atoms with Crippen molar-refractivity contribution in [3.63, 3.8) is 0 Å². The third kappa shape index (κ3) is 8.56. The number of carbonyl (C=O) groups is 3. The molecule has 0 bridgehead atoms. The van der Waals surface area contributed by atoms with Crippen molar-refractivity contribution >= 4 is 35.6 Å². The molecule has 2 N–H and O–H groups in total. The summed E-state index contributed by atoms with van der Waals surface area (Å²) in [5.41, 5.74) is 3.78. The normalized spacial score (nSPS) is 10.6. The summed E-state index contributed by atoms with van der Waals surface area (Å²) in [6.07, 6.45) is 3.44. The molecule has 3 aromatic carbocycles. The maximum atomic E-state index is 12.2. The number of halogens is 1. The summed E-state index contributed by atoms with van der Waals surface area (Å²) in [6.45, 7) is 2.48. The highest BCUT2D eigenvalue weighted by Crippen LogP contribution is 2.16. The molecule has 0 atom stereocenters. The Morgan fingerprint density at radius 1 is 0.944 bits per heavy atom. The lowest BCUT2D eigenvalue weighted by atomic mass is 10.2. The smallest absolute Gasteiger partial charge is 0.343 e. The number of amides is 2. The average molecular weight is 508 g/mol. The van der Waals surface area contributed by atoms with E-state index in [0.29, 0.717) is 39.8 Å². The van der Waals surface area contributed by atoms with Crippen LogP contribution < -0.4 is 20.2 Å². The molecule has 0 saturated heterocycles. The van der Waals surface area contributed by atoms with E-state index in [1.54, 1.807) is 66.7 Å². The zero-order valence-electron chi connectivity index (χ0n) is 19.7. The third-order valence-electron chi connectivity index (χ3n) is 4.85. The van der Waals surface area contributed by atoms with Gasteiger partial charge in [0, 0.05) is 10.6 Å². The molecule has 0 unspecified atom stereocenters. The van der Waals surface area contributed by atoms with Crippen molar-refractivity contribution in [3.05, 3.63) is 94.5 Å². The van der Waals surface area contributed by atoms with Gasteiger partial charge in [0.1, 0.15) is 11.5 Å². The van der Waals surface area contributed by atoms with Crippen molar-refractivity contribution < 1.29 is 23.9 Å². The van der Waals surface area contributed by atoms with Gasteiger partial charge in [-0.3, -0.25) is 9.59 Å². The minimum Gasteiger partial charge on any atom is -0.494 e. The van der Waals surface area contributed by atoms with E-state index in [1.807, 2.05) is 0 Å². The van der Waals surface area contributed by atoms with E-state index >= 15 is 0 Å². The largest absolute Gasteiger partial charge is 0.494 e. The molecule has 2 amide bonds. The molecule has 0 aliphatic rings. The minimum absolute atomic E-state index is 0.233. The Hall–Kier alpha value is -4.17. The predicted molar refractivity (Wildman–Crippen MR) is 138 cm³/mol. The van der Waals surface area contributed by atoms with Gasteiger partial charge in [0.25, 0.3) is 11.8 Å². The van der Waals surface area contributed by atoms with E-state index < -0.39 is 11.9 Å². The van der Waals surface area contributed by atoms with Crippen LogP contribution in [0, 0.1) is 0 Å². The predicted octanol–water partition coefficient (Wildman–Crippen LogP) is 4.62. The molecule has 3 aromatic rings. The molecule has 0 aromatic heterocycles. The van der Waals surface area contributed by atoms with Gasteiger partial charge in [0.2, 0.25) is 0 Å². The number of ether oxygens (including phenoxy) is 2. The van der Waals surface area contributed by atoms with Gasteiger partial charge in [0.05, 0.1) is 24.9 Å². The van der Waals surface area contributed by atoms with Crippen LogP contribution in [0.2, 0.25) is 5.02 Å². The maximum Gasteiger partial charge on any atom is 0.343 e. The van der Waals surface area contributed by atoms with E-state index in [4.69, 9.17) is 21.1 Å². The highest BCUT2D eigenvalue weighted by atomic mass is 35.5. The van der Waals surface area contributed by atoms with Crippen molar-refractivity contribution in [1.29, 1.82) is 0 Å². The molecular formula is C27H26ClN3O5. The Morgan fingerprint density at radius 3 is 2.36 bits per heavy atom. The number of hydrogen-bond donors (Lipinski definition) is 2. The Kier molecular flexibility index (Phi) is 10.0. The van der Waals surface area contributed by atoms with Crippen LogP contribution in [-0.2, 0) is 4.79 Å². The summed E-state index contributed by atoms with van der Waals surface area (Å²) in [4.78, 5) is 36.4. The number of hydrazone groups is 1. The maximum absolute atomic E-state index is 12.2. The number of nitrogens with one attached hydrogen (secondary N) is 2. The summed E-state index contributed by atoms with van der Waals surface area (Å²) in [6, 6.07) is 19.8. The number of hydrogen-bond acceptors (Lipinski definition) is 6. The molecule has 0 spiro atoms. The molecule has 0 radical (unpaired) electrons. The molecule has 36 heavy (non-hydrogen) atoms. The van der Waals surface area contributed by atoms with Crippen LogP contribution in [0.1, 0.15) is 46.0 Å². The van der Waals surface area contributed by atoms with Crippen molar-refractivity contribution in [2.75, 3.05) is 13.2 Å². The van der Waals surface area contributed by atoms with Crippen LogP contribution in [-0.4, -0.2) is 37.1 Å². The van der Waals surface area contributed by atoms with Crippen molar-refractivity contribution in [2.24, 2.45) is 5.10 Å². The second kappa shape index (κ2) is 13.7. The first kappa shape index (κ1) is 26.4. The molecule has 0 fully saturated rings. The van der Waals surface area contributed by atoms with Gasteiger partial charge in [-0.25, -0.2) is 10.2 Å². The highest BCUT2D eigenvalue weighted by molar-refractivity contribution is 6.30. The van der Waals surface area contributed by atoms with Gasteiger partial charge in [-0.1, -0.05) is 31.0 Å². The molecule has 0 heterocycles. The number of nitrogens with zero attached hydrogens (tertiary/aromatic N) is 1. The van der Waals surface area contributed by atoms with Crippen LogP contribution >= 0.6 is 11.6 Å². The number of benzene rings is 3. The van der Waals surface area contributed by atoms with E-state index in [1.165, 1.54) is 12.3 Å². The number of rotatable bonds is 11. The highest BCUT2D eigenvalue weighted by Gasteiger charge is 2.10. The van der Waals surface area contributed by atoms with Gasteiger partial charge in [-0.05, 0) is 78.7 Å². The van der Waals surface area contributed by atoms with E-state index in [2.05, 4.69) is 22.8 Å². The van der Waals surface area contributed by atoms with Gasteiger partial charge >= 0.3 is 5.97 Å². The fraction of sp³-hybridized carbons (Fsp3) is 0.185. The lowest BCUT2D eigenvalue weighted by Gasteiger charge is -2.07. The second-order valence-corrected chi connectivity index (χ2v) is 8.11. The SMILES string of the molecule is CCCCOc1ccc(C(=O)NCC(=O)N/N=C/c2ccc(OC(=O)c3cccc(Cl)c3)cc2)cc1. The Labute approximate surface area is 214 Å². The fourth-order valence-electron chi connectivity index (χ4n) is 2.92. The number of carbonyl (C=O) groups excluding carboxylic acids is 3. The first-order chi connectivity index (χ1) is 17.4. The first-order valence-electron chi connectivity index (χ1n) is 11.4. The van der Waals surface area contributed by atoms with Crippen molar-refractivity contribution in [1.82, 2.24) is 10.7 Å². The monoisotopic (exact) mass is 507 g/mol.